The van der Waals surface area contributed by atoms with Crippen LogP contribution in [0.4, 0.5) is 8.78 Å². The first-order valence-corrected chi connectivity index (χ1v) is 8.23. The monoisotopic (exact) mass is 346 g/mol. The number of hydrogen-bond donors (Lipinski definition) is 2. The highest BCUT2D eigenvalue weighted by Crippen LogP contribution is 2.18. The van der Waals surface area contributed by atoms with E-state index in [1.807, 2.05) is 12.1 Å². The average Bonchev–Trinajstić information content (AvgIpc) is 2.61. The molecule has 1 atom stereocenters. The average molecular weight is 346 g/mol. The number of aliphatic hydroxyl groups is 1. The van der Waals surface area contributed by atoms with Gasteiger partial charge in [0.25, 0.3) is 5.91 Å². The Morgan fingerprint density at radius 1 is 1.20 bits per heavy atom. The van der Waals surface area contributed by atoms with Crippen molar-refractivity contribution in [3.63, 3.8) is 0 Å². The van der Waals surface area contributed by atoms with Crippen molar-refractivity contribution in [1.29, 1.82) is 0 Å². The van der Waals surface area contributed by atoms with Gasteiger partial charge in [-0.05, 0) is 35.7 Å². The van der Waals surface area contributed by atoms with Gasteiger partial charge in [-0.15, -0.1) is 0 Å². The van der Waals surface area contributed by atoms with E-state index < -0.39 is 23.6 Å². The second kappa shape index (κ2) is 7.72. The lowest BCUT2D eigenvalue weighted by Crippen LogP contribution is -2.42. The molecule has 1 heterocycles. The summed E-state index contributed by atoms with van der Waals surface area (Å²) in [4.78, 5) is 14.0. The largest absolute Gasteiger partial charge is 0.390 e. The lowest BCUT2D eigenvalue weighted by atomic mass is 10.00. The molecule has 1 aliphatic heterocycles. The normalized spacial score (nSPS) is 15.5. The number of rotatable bonds is 5. The van der Waals surface area contributed by atoms with E-state index in [1.54, 1.807) is 0 Å². The number of aliphatic hydroxyl groups excluding tert-OH is 1. The Hall–Kier alpha value is -2.31. The van der Waals surface area contributed by atoms with Gasteiger partial charge in [0.1, 0.15) is 11.6 Å². The van der Waals surface area contributed by atoms with Crippen molar-refractivity contribution in [2.24, 2.45) is 0 Å². The fraction of sp³-hybridized carbons (Fsp3) is 0.316. The molecule has 0 aliphatic carbocycles. The van der Waals surface area contributed by atoms with E-state index in [2.05, 4.69) is 22.3 Å². The maximum Gasteiger partial charge on any atom is 0.254 e. The number of nitrogens with one attached hydrogen (secondary N) is 1. The molecule has 0 fully saturated rings. The van der Waals surface area contributed by atoms with Crippen molar-refractivity contribution in [3.05, 3.63) is 70.8 Å². The first-order chi connectivity index (χ1) is 12.0. The van der Waals surface area contributed by atoms with Gasteiger partial charge < -0.3 is 10.4 Å². The Morgan fingerprint density at radius 2 is 1.96 bits per heavy atom. The minimum atomic E-state index is -0.791. The molecule has 2 N–H and O–H groups in total. The Labute approximate surface area is 145 Å². The summed E-state index contributed by atoms with van der Waals surface area (Å²) in [5.41, 5.74) is 2.20. The number of benzene rings is 2. The Kier molecular flexibility index (Phi) is 5.40. The van der Waals surface area contributed by atoms with E-state index >= 15 is 0 Å². The third-order valence-corrected chi connectivity index (χ3v) is 4.35. The number of fused-ring (bicyclic) bond motifs is 1. The number of carbonyl (C=O) groups is 1. The molecular formula is C19H20F2N2O2. The van der Waals surface area contributed by atoms with E-state index in [4.69, 9.17) is 0 Å². The van der Waals surface area contributed by atoms with Crippen molar-refractivity contribution in [3.8, 4) is 0 Å². The van der Waals surface area contributed by atoms with E-state index in [1.165, 1.54) is 11.1 Å². The maximum absolute atomic E-state index is 13.6. The number of amides is 1. The number of carbonyl (C=O) groups excluding carboxylic acids is 1. The topological polar surface area (TPSA) is 52.6 Å². The standard InChI is InChI=1S/C19H20F2N2O2/c20-15-5-6-18(21)17(9-15)19(25)22-10-16(24)12-23-8-7-13-3-1-2-4-14(13)11-23/h1-6,9,16,24H,7-8,10-12H2,(H,22,25). The van der Waals surface area contributed by atoms with Crippen LogP contribution in [0.1, 0.15) is 21.5 Å². The van der Waals surface area contributed by atoms with Crippen LogP contribution in [0.15, 0.2) is 42.5 Å². The zero-order valence-corrected chi connectivity index (χ0v) is 13.7. The van der Waals surface area contributed by atoms with Gasteiger partial charge in [-0.1, -0.05) is 24.3 Å². The second-order valence-electron chi connectivity index (χ2n) is 6.24. The quantitative estimate of drug-likeness (QED) is 0.872. The van der Waals surface area contributed by atoms with Gasteiger partial charge in [-0.2, -0.15) is 0 Å². The van der Waals surface area contributed by atoms with Crippen LogP contribution in [0.3, 0.4) is 0 Å². The van der Waals surface area contributed by atoms with Crippen molar-refractivity contribution in [2.45, 2.75) is 19.1 Å². The highest BCUT2D eigenvalue weighted by Gasteiger charge is 2.19. The summed E-state index contributed by atoms with van der Waals surface area (Å²) in [5, 5.41) is 12.6. The van der Waals surface area contributed by atoms with Crippen LogP contribution < -0.4 is 5.32 Å². The predicted molar refractivity (Wildman–Crippen MR) is 90.1 cm³/mol. The molecule has 3 rings (SSSR count). The van der Waals surface area contributed by atoms with Crippen LogP contribution in [0, 0.1) is 11.6 Å². The smallest absolute Gasteiger partial charge is 0.254 e. The van der Waals surface area contributed by atoms with Gasteiger partial charge in [0.2, 0.25) is 0 Å². The van der Waals surface area contributed by atoms with Crippen LogP contribution in [-0.4, -0.2) is 41.7 Å². The first kappa shape index (κ1) is 17.5. The fourth-order valence-electron chi connectivity index (χ4n) is 3.05. The van der Waals surface area contributed by atoms with Gasteiger partial charge >= 0.3 is 0 Å². The van der Waals surface area contributed by atoms with Gasteiger partial charge in [-0.3, -0.25) is 9.69 Å². The molecular weight excluding hydrogens is 326 g/mol. The number of halogens is 2. The Balaban J connectivity index is 1.51. The van der Waals surface area contributed by atoms with E-state index in [-0.39, 0.29) is 12.1 Å². The van der Waals surface area contributed by atoms with Crippen LogP contribution in [0.25, 0.3) is 0 Å². The lowest BCUT2D eigenvalue weighted by Gasteiger charge is -2.30. The van der Waals surface area contributed by atoms with E-state index in [0.29, 0.717) is 6.54 Å². The minimum Gasteiger partial charge on any atom is -0.390 e. The molecule has 4 nitrogen and oxygen atoms in total. The number of hydrogen-bond acceptors (Lipinski definition) is 3. The Morgan fingerprint density at radius 3 is 2.76 bits per heavy atom. The highest BCUT2D eigenvalue weighted by atomic mass is 19.1. The van der Waals surface area contributed by atoms with Crippen LogP contribution in [0.5, 0.6) is 0 Å². The summed E-state index contributed by atoms with van der Waals surface area (Å²) in [6.45, 7) is 1.97. The predicted octanol–water partition coefficient (Wildman–Crippen LogP) is 2.11. The van der Waals surface area contributed by atoms with Crippen LogP contribution in [-0.2, 0) is 13.0 Å². The molecule has 2 aromatic rings. The molecule has 25 heavy (non-hydrogen) atoms. The van der Waals surface area contributed by atoms with Gasteiger partial charge in [0.15, 0.2) is 0 Å². The molecule has 0 aromatic heterocycles. The molecule has 0 radical (unpaired) electrons. The highest BCUT2D eigenvalue weighted by molar-refractivity contribution is 5.94. The van der Waals surface area contributed by atoms with E-state index in [0.717, 1.165) is 37.7 Å². The second-order valence-corrected chi connectivity index (χ2v) is 6.24. The van der Waals surface area contributed by atoms with Gasteiger partial charge in [-0.25, -0.2) is 8.78 Å². The summed E-state index contributed by atoms with van der Waals surface area (Å²) in [6, 6.07) is 10.9. The molecule has 1 unspecified atom stereocenters. The van der Waals surface area contributed by atoms with Crippen molar-refractivity contribution >= 4 is 5.91 Å². The Bertz CT molecular complexity index is 767. The first-order valence-electron chi connectivity index (χ1n) is 8.23. The summed E-state index contributed by atoms with van der Waals surface area (Å²) in [6.07, 6.45) is 0.134. The number of β-amino-alcohol motifs (C(OH)–C–C–N with tert-alkyl or cyclic N) is 1. The molecule has 1 aliphatic rings. The molecule has 0 bridgehead atoms. The van der Waals surface area contributed by atoms with E-state index in [9.17, 15) is 18.7 Å². The summed E-state index contributed by atoms with van der Waals surface area (Å²) < 4.78 is 26.7. The van der Waals surface area contributed by atoms with Crippen molar-refractivity contribution in [2.75, 3.05) is 19.6 Å². The molecule has 1 amide bonds. The summed E-state index contributed by atoms with van der Waals surface area (Å²) in [7, 11) is 0. The molecule has 0 saturated carbocycles. The lowest BCUT2D eigenvalue weighted by molar-refractivity contribution is 0.0838. The maximum atomic E-state index is 13.6. The van der Waals surface area contributed by atoms with Crippen LogP contribution in [0.2, 0.25) is 0 Å². The minimum absolute atomic E-state index is 0.0209. The zero-order valence-electron chi connectivity index (χ0n) is 13.7. The molecule has 0 saturated heterocycles. The fourth-order valence-corrected chi connectivity index (χ4v) is 3.05. The third kappa shape index (κ3) is 4.41. The summed E-state index contributed by atoms with van der Waals surface area (Å²) >= 11 is 0. The third-order valence-electron chi connectivity index (χ3n) is 4.35. The van der Waals surface area contributed by atoms with Crippen LogP contribution >= 0.6 is 0 Å². The number of nitrogens with zero attached hydrogens (tertiary/aromatic N) is 1. The zero-order chi connectivity index (χ0) is 17.8. The van der Waals surface area contributed by atoms with Gasteiger partial charge in [0.05, 0.1) is 11.7 Å². The molecule has 0 spiro atoms. The SMILES string of the molecule is O=C(NCC(O)CN1CCc2ccccc2C1)c1cc(F)ccc1F. The van der Waals surface area contributed by atoms with Crippen molar-refractivity contribution < 1.29 is 18.7 Å². The molecule has 132 valence electrons. The van der Waals surface area contributed by atoms with Gasteiger partial charge in [0, 0.05) is 26.2 Å². The summed E-state index contributed by atoms with van der Waals surface area (Å²) in [5.74, 6) is -2.21. The molecule has 2 aromatic carbocycles. The van der Waals surface area contributed by atoms with Crippen molar-refractivity contribution in [1.82, 2.24) is 10.2 Å². The molecule has 6 heteroatoms.